The van der Waals surface area contributed by atoms with Crippen molar-refractivity contribution in [1.82, 2.24) is 19.4 Å². The molecule has 0 radical (unpaired) electrons. The summed E-state index contributed by atoms with van der Waals surface area (Å²) in [7, 11) is 0. The van der Waals surface area contributed by atoms with Gasteiger partial charge in [0.1, 0.15) is 5.82 Å². The molecule has 1 fully saturated rings. The molecule has 3 heterocycles. The van der Waals surface area contributed by atoms with Gasteiger partial charge in [0.2, 0.25) is 0 Å². The number of carbonyl (C=O) groups excluding carboxylic acids is 1. The molecule has 1 amide bonds. The highest BCUT2D eigenvalue weighted by atomic mass is 16.2. The maximum absolute atomic E-state index is 13.4. The highest BCUT2D eigenvalue weighted by Gasteiger charge is 2.28. The fourth-order valence-electron chi connectivity index (χ4n) is 4.69. The molecule has 4 aromatic rings. The van der Waals surface area contributed by atoms with Crippen LogP contribution in [0.2, 0.25) is 0 Å². The summed E-state index contributed by atoms with van der Waals surface area (Å²) in [6.45, 7) is 5.28. The number of piperidine rings is 1. The number of nitrogens with one attached hydrogen (secondary N) is 2. The van der Waals surface area contributed by atoms with Gasteiger partial charge >= 0.3 is 5.69 Å². The number of nitrogens with zero attached hydrogens (tertiary/aromatic N) is 3. The Morgan fingerprint density at radius 1 is 1.06 bits per heavy atom. The number of likely N-dealkylation sites (tertiary alicyclic amines) is 1. The average molecular weight is 442 g/mol. The summed E-state index contributed by atoms with van der Waals surface area (Å²) >= 11 is 0. The zero-order valence-corrected chi connectivity index (χ0v) is 18.8. The monoisotopic (exact) mass is 441 g/mol. The number of benzene rings is 2. The van der Waals surface area contributed by atoms with Crippen LogP contribution in [0.1, 0.15) is 40.4 Å². The molecule has 0 atom stereocenters. The number of aryl methyl sites for hydroxylation is 2. The molecule has 2 aromatic carbocycles. The van der Waals surface area contributed by atoms with Crippen molar-refractivity contribution in [2.45, 2.75) is 32.7 Å². The number of anilines is 2. The van der Waals surface area contributed by atoms with Gasteiger partial charge in [-0.2, -0.15) is 0 Å². The van der Waals surface area contributed by atoms with E-state index < -0.39 is 0 Å². The summed E-state index contributed by atoms with van der Waals surface area (Å²) in [5, 5.41) is 3.34. The molecule has 1 aliphatic rings. The predicted molar refractivity (Wildman–Crippen MR) is 130 cm³/mol. The molecule has 7 heteroatoms. The Morgan fingerprint density at radius 3 is 2.64 bits per heavy atom. The molecule has 2 aromatic heterocycles. The van der Waals surface area contributed by atoms with Crippen LogP contribution in [-0.2, 0) is 0 Å². The third kappa shape index (κ3) is 4.02. The van der Waals surface area contributed by atoms with Crippen LogP contribution in [0.5, 0.6) is 0 Å². The van der Waals surface area contributed by atoms with Crippen LogP contribution < -0.4 is 11.0 Å². The van der Waals surface area contributed by atoms with Crippen molar-refractivity contribution in [3.05, 3.63) is 88.0 Å². The minimum Gasteiger partial charge on any atom is -0.339 e. The van der Waals surface area contributed by atoms with Crippen molar-refractivity contribution < 1.29 is 4.79 Å². The SMILES string of the molecule is Cc1ccc(Nc2ncccc2C(=O)N2CCC(n3c(=O)[nH]c4ccccc43)CC2)c(C)c1. The fraction of sp³-hybridized carbons (Fsp3) is 0.269. The van der Waals surface area contributed by atoms with E-state index in [2.05, 4.69) is 28.3 Å². The van der Waals surface area contributed by atoms with E-state index in [1.165, 1.54) is 5.56 Å². The van der Waals surface area contributed by atoms with Crippen LogP contribution in [0.15, 0.2) is 65.6 Å². The minimum atomic E-state index is -0.0896. The van der Waals surface area contributed by atoms with E-state index in [1.54, 1.807) is 12.3 Å². The number of fused-ring (bicyclic) bond motifs is 1. The molecule has 0 aliphatic carbocycles. The Morgan fingerprint density at radius 2 is 1.85 bits per heavy atom. The second-order valence-electron chi connectivity index (χ2n) is 8.68. The second kappa shape index (κ2) is 8.58. The molecular weight excluding hydrogens is 414 g/mol. The van der Waals surface area contributed by atoms with Crippen LogP contribution in [0.25, 0.3) is 11.0 Å². The van der Waals surface area contributed by atoms with E-state index in [9.17, 15) is 9.59 Å². The molecule has 0 bridgehead atoms. The van der Waals surface area contributed by atoms with Crippen molar-refractivity contribution in [3.63, 3.8) is 0 Å². The smallest absolute Gasteiger partial charge is 0.326 e. The molecule has 0 saturated carbocycles. The van der Waals surface area contributed by atoms with Crippen molar-refractivity contribution in [2.75, 3.05) is 18.4 Å². The molecule has 7 nitrogen and oxygen atoms in total. The zero-order valence-electron chi connectivity index (χ0n) is 18.8. The summed E-state index contributed by atoms with van der Waals surface area (Å²) < 4.78 is 1.84. The lowest BCUT2D eigenvalue weighted by Crippen LogP contribution is -2.40. The van der Waals surface area contributed by atoms with Gasteiger partial charge in [-0.1, -0.05) is 29.8 Å². The Hall–Kier alpha value is -3.87. The number of imidazole rings is 1. The number of aromatic nitrogens is 3. The van der Waals surface area contributed by atoms with E-state index in [0.29, 0.717) is 24.5 Å². The molecule has 2 N–H and O–H groups in total. The summed E-state index contributed by atoms with van der Waals surface area (Å²) in [4.78, 5) is 35.2. The lowest BCUT2D eigenvalue weighted by atomic mass is 10.0. The number of rotatable bonds is 4. The molecule has 5 rings (SSSR count). The van der Waals surface area contributed by atoms with E-state index in [1.807, 2.05) is 58.9 Å². The number of pyridine rings is 1. The van der Waals surface area contributed by atoms with Gasteiger partial charge in [0.25, 0.3) is 5.91 Å². The van der Waals surface area contributed by atoms with Gasteiger partial charge in [-0.3, -0.25) is 9.36 Å². The molecular formula is C26H27N5O2. The van der Waals surface area contributed by atoms with Crippen LogP contribution in [-0.4, -0.2) is 38.4 Å². The number of amides is 1. The molecule has 33 heavy (non-hydrogen) atoms. The van der Waals surface area contributed by atoms with Crippen LogP contribution >= 0.6 is 0 Å². The summed E-state index contributed by atoms with van der Waals surface area (Å²) in [5.41, 5.74) is 5.45. The average Bonchev–Trinajstić information content (AvgIpc) is 3.16. The van der Waals surface area contributed by atoms with Gasteiger partial charge in [0, 0.05) is 31.0 Å². The van der Waals surface area contributed by atoms with Gasteiger partial charge in [0.05, 0.1) is 16.6 Å². The van der Waals surface area contributed by atoms with E-state index in [0.717, 1.165) is 35.1 Å². The van der Waals surface area contributed by atoms with E-state index in [4.69, 9.17) is 0 Å². The maximum Gasteiger partial charge on any atom is 0.326 e. The Bertz CT molecular complexity index is 1380. The van der Waals surface area contributed by atoms with Gasteiger partial charge in [0.15, 0.2) is 0 Å². The highest BCUT2D eigenvalue weighted by Crippen LogP contribution is 2.28. The van der Waals surface area contributed by atoms with Crippen LogP contribution in [0.3, 0.4) is 0 Å². The first-order valence-electron chi connectivity index (χ1n) is 11.3. The largest absolute Gasteiger partial charge is 0.339 e. The zero-order chi connectivity index (χ0) is 22.9. The quantitative estimate of drug-likeness (QED) is 0.486. The topological polar surface area (TPSA) is 83.0 Å². The first-order chi connectivity index (χ1) is 16.0. The third-order valence-electron chi connectivity index (χ3n) is 6.41. The van der Waals surface area contributed by atoms with Crippen LogP contribution in [0, 0.1) is 13.8 Å². The molecule has 0 unspecified atom stereocenters. The normalized spacial score (nSPS) is 14.5. The third-order valence-corrected chi connectivity index (χ3v) is 6.41. The van der Waals surface area contributed by atoms with Gasteiger partial charge in [-0.05, 0) is 62.6 Å². The lowest BCUT2D eigenvalue weighted by molar-refractivity contribution is 0.0695. The Balaban J connectivity index is 1.33. The molecule has 1 aliphatic heterocycles. The molecule has 0 spiro atoms. The first kappa shape index (κ1) is 21.0. The van der Waals surface area contributed by atoms with Crippen molar-refractivity contribution in [3.8, 4) is 0 Å². The standard InChI is InChI=1S/C26H27N5O2/c1-17-9-10-21(18(2)16-17)28-24-20(6-5-13-27-24)25(32)30-14-11-19(12-15-30)31-23-8-4-3-7-22(23)29-26(31)33/h3-10,13,16,19H,11-12,14-15H2,1-2H3,(H,27,28)(H,29,33). The minimum absolute atomic E-state index is 0.0416. The van der Waals surface area contributed by atoms with E-state index >= 15 is 0 Å². The van der Waals surface area contributed by atoms with Crippen molar-refractivity contribution in [1.29, 1.82) is 0 Å². The maximum atomic E-state index is 13.4. The number of para-hydroxylation sites is 2. The van der Waals surface area contributed by atoms with Crippen molar-refractivity contribution >= 4 is 28.4 Å². The number of hydrogen-bond donors (Lipinski definition) is 2. The molecule has 1 saturated heterocycles. The first-order valence-corrected chi connectivity index (χ1v) is 11.3. The summed E-state index contributed by atoms with van der Waals surface area (Å²) in [6.07, 6.45) is 3.15. The Labute approximate surface area is 192 Å². The Kier molecular flexibility index (Phi) is 5.46. The second-order valence-corrected chi connectivity index (χ2v) is 8.68. The predicted octanol–water partition coefficient (Wildman–Crippen LogP) is 4.56. The van der Waals surface area contributed by atoms with Gasteiger partial charge in [-0.25, -0.2) is 9.78 Å². The summed E-state index contributed by atoms with van der Waals surface area (Å²) in [5.74, 6) is 0.518. The van der Waals surface area contributed by atoms with Gasteiger partial charge in [-0.15, -0.1) is 0 Å². The van der Waals surface area contributed by atoms with Crippen molar-refractivity contribution in [2.24, 2.45) is 0 Å². The van der Waals surface area contributed by atoms with Crippen LogP contribution in [0.4, 0.5) is 11.5 Å². The number of aromatic amines is 1. The fourth-order valence-corrected chi connectivity index (χ4v) is 4.69. The number of carbonyl (C=O) groups is 1. The summed E-state index contributed by atoms with van der Waals surface area (Å²) in [6, 6.07) is 17.6. The highest BCUT2D eigenvalue weighted by molar-refractivity contribution is 5.99. The van der Waals surface area contributed by atoms with Gasteiger partial charge < -0.3 is 15.2 Å². The lowest BCUT2D eigenvalue weighted by Gasteiger charge is -2.33. The van der Waals surface area contributed by atoms with E-state index in [-0.39, 0.29) is 17.6 Å². The number of H-pyrrole nitrogens is 1. The number of hydrogen-bond acceptors (Lipinski definition) is 4. The molecule has 168 valence electrons.